The first-order chi connectivity index (χ1) is 12.3. The van der Waals surface area contributed by atoms with Gasteiger partial charge in [-0.2, -0.15) is 0 Å². The zero-order valence-electron chi connectivity index (χ0n) is 13.6. The van der Waals surface area contributed by atoms with Crippen molar-refractivity contribution in [2.45, 2.75) is 5.92 Å². The van der Waals surface area contributed by atoms with Gasteiger partial charge in [-0.1, -0.05) is 48.5 Å². The molecule has 25 heavy (non-hydrogen) atoms. The second-order valence-electron chi connectivity index (χ2n) is 6.15. The number of hydrogen-bond acceptors (Lipinski definition) is 4. The number of fused-ring (bicyclic) bond motifs is 1. The summed E-state index contributed by atoms with van der Waals surface area (Å²) < 4.78 is 0. The molecule has 0 saturated heterocycles. The van der Waals surface area contributed by atoms with Gasteiger partial charge < -0.3 is 15.6 Å². The Balaban J connectivity index is 1.67. The smallest absolute Gasteiger partial charge is 0.123 e. The van der Waals surface area contributed by atoms with E-state index < -0.39 is 0 Å². The molecule has 0 bridgehead atoms. The zero-order valence-corrected chi connectivity index (χ0v) is 13.6. The van der Waals surface area contributed by atoms with E-state index in [4.69, 9.17) is 5.21 Å². The normalized spacial score (nSPS) is 15.9. The molecule has 0 radical (unpaired) electrons. The van der Waals surface area contributed by atoms with Gasteiger partial charge in [0.25, 0.3) is 0 Å². The average molecular weight is 330 g/mol. The average Bonchev–Trinajstić information content (AvgIpc) is 3.05. The monoisotopic (exact) mass is 330 g/mol. The number of rotatable bonds is 3. The van der Waals surface area contributed by atoms with Gasteiger partial charge in [0, 0.05) is 23.7 Å². The Kier molecular flexibility index (Phi) is 3.86. The third-order valence-corrected chi connectivity index (χ3v) is 4.64. The maximum atomic E-state index is 10.00. The van der Waals surface area contributed by atoms with E-state index in [1.807, 2.05) is 30.3 Å². The number of benzene rings is 3. The highest BCUT2D eigenvalue weighted by Gasteiger charge is 2.21. The third kappa shape index (κ3) is 2.83. The van der Waals surface area contributed by atoms with Crippen LogP contribution in [-0.4, -0.2) is 23.1 Å². The molecule has 0 amide bonds. The van der Waals surface area contributed by atoms with Gasteiger partial charge in [-0.15, -0.1) is 5.16 Å². The molecule has 1 atom stereocenters. The number of nitrogens with one attached hydrogen (secondary N) is 1. The summed E-state index contributed by atoms with van der Waals surface area (Å²) in [5.41, 5.74) is 6.25. The Bertz CT molecular complexity index is 933. The minimum Gasteiger partial charge on any atom is -0.507 e. The summed E-state index contributed by atoms with van der Waals surface area (Å²) in [6, 6.07) is 21.8. The van der Waals surface area contributed by atoms with Gasteiger partial charge in [0.1, 0.15) is 5.75 Å². The van der Waals surface area contributed by atoms with Crippen LogP contribution in [0.4, 0.5) is 5.69 Å². The van der Waals surface area contributed by atoms with Crippen molar-refractivity contribution >= 4 is 11.9 Å². The predicted molar refractivity (Wildman–Crippen MR) is 100 cm³/mol. The van der Waals surface area contributed by atoms with Crippen molar-refractivity contribution in [2.24, 2.45) is 5.16 Å². The van der Waals surface area contributed by atoms with Gasteiger partial charge in [-0.3, -0.25) is 0 Å². The molecule has 4 heteroatoms. The molecular weight excluding hydrogens is 312 g/mol. The Hall–Kier alpha value is -3.27. The highest BCUT2D eigenvalue weighted by molar-refractivity contribution is 5.80. The number of nitrogens with zero attached hydrogens (tertiary/aromatic N) is 1. The fraction of sp³-hybridized carbons (Fsp3) is 0.0952. The molecule has 1 heterocycles. The second-order valence-corrected chi connectivity index (χ2v) is 6.15. The van der Waals surface area contributed by atoms with Crippen LogP contribution >= 0.6 is 0 Å². The van der Waals surface area contributed by atoms with Crippen LogP contribution in [-0.2, 0) is 0 Å². The largest absolute Gasteiger partial charge is 0.507 e. The second kappa shape index (κ2) is 6.32. The van der Waals surface area contributed by atoms with Crippen molar-refractivity contribution < 1.29 is 10.3 Å². The molecule has 4 nitrogen and oxygen atoms in total. The van der Waals surface area contributed by atoms with Crippen LogP contribution in [0.5, 0.6) is 5.75 Å². The first kappa shape index (κ1) is 15.3. The van der Waals surface area contributed by atoms with E-state index in [0.29, 0.717) is 0 Å². The number of anilines is 1. The van der Waals surface area contributed by atoms with Crippen LogP contribution in [0.3, 0.4) is 0 Å². The van der Waals surface area contributed by atoms with Gasteiger partial charge in [0.2, 0.25) is 0 Å². The summed E-state index contributed by atoms with van der Waals surface area (Å²) >= 11 is 0. The van der Waals surface area contributed by atoms with Crippen molar-refractivity contribution in [3.05, 3.63) is 72.3 Å². The quantitative estimate of drug-likeness (QED) is 0.371. The summed E-state index contributed by atoms with van der Waals surface area (Å²) in [5, 5.41) is 25.3. The summed E-state index contributed by atoms with van der Waals surface area (Å²) in [4.78, 5) is 0. The first-order valence-electron chi connectivity index (χ1n) is 8.20. The van der Waals surface area contributed by atoms with E-state index in [0.717, 1.165) is 40.0 Å². The fourth-order valence-corrected chi connectivity index (χ4v) is 3.31. The number of phenols is 1. The SMILES string of the molecule is O/N=C/C1CNc2ccc(-c3ccc(-c4ccccc4O)cc3)cc21. The highest BCUT2D eigenvalue weighted by atomic mass is 16.4. The number of para-hydroxylation sites is 1. The number of hydrogen-bond donors (Lipinski definition) is 3. The van der Waals surface area contributed by atoms with E-state index >= 15 is 0 Å². The standard InChI is InChI=1S/C21H18N2O2/c24-21-4-2-1-3-18(21)15-7-5-14(6-8-15)16-9-10-20-19(11-16)17(12-22-20)13-23-25/h1-11,13,17,22,24-25H,12H2/b23-13+. The maximum Gasteiger partial charge on any atom is 0.123 e. The van der Waals surface area contributed by atoms with Gasteiger partial charge in [-0.05, 0) is 40.5 Å². The van der Waals surface area contributed by atoms with E-state index in [-0.39, 0.29) is 11.7 Å². The molecule has 0 saturated carbocycles. The van der Waals surface area contributed by atoms with Crippen LogP contribution in [0.25, 0.3) is 22.3 Å². The first-order valence-corrected chi connectivity index (χ1v) is 8.20. The Morgan fingerprint density at radius 3 is 2.40 bits per heavy atom. The molecule has 0 spiro atoms. The molecular formula is C21H18N2O2. The Morgan fingerprint density at radius 1 is 0.920 bits per heavy atom. The van der Waals surface area contributed by atoms with E-state index in [1.165, 1.54) is 0 Å². The molecule has 4 rings (SSSR count). The topological polar surface area (TPSA) is 64.9 Å². The van der Waals surface area contributed by atoms with Gasteiger partial charge in [0.15, 0.2) is 0 Å². The van der Waals surface area contributed by atoms with Gasteiger partial charge in [0.05, 0.1) is 6.21 Å². The zero-order chi connectivity index (χ0) is 17.2. The lowest BCUT2D eigenvalue weighted by Crippen LogP contribution is -2.02. The molecule has 0 aliphatic carbocycles. The molecule has 3 aromatic carbocycles. The lowest BCUT2D eigenvalue weighted by Gasteiger charge is -2.09. The lowest BCUT2D eigenvalue weighted by atomic mass is 9.95. The Labute approximate surface area is 146 Å². The summed E-state index contributed by atoms with van der Waals surface area (Å²) in [6.07, 6.45) is 1.56. The van der Waals surface area contributed by atoms with E-state index in [1.54, 1.807) is 12.3 Å². The fourth-order valence-electron chi connectivity index (χ4n) is 3.31. The van der Waals surface area contributed by atoms with Crippen molar-refractivity contribution in [2.75, 3.05) is 11.9 Å². The minimum atomic E-state index is 0.0838. The highest BCUT2D eigenvalue weighted by Crippen LogP contribution is 2.35. The molecule has 1 aliphatic heterocycles. The molecule has 0 aromatic heterocycles. The van der Waals surface area contributed by atoms with E-state index in [9.17, 15) is 5.11 Å². The summed E-state index contributed by atoms with van der Waals surface area (Å²) in [7, 11) is 0. The van der Waals surface area contributed by atoms with Crippen molar-refractivity contribution in [3.63, 3.8) is 0 Å². The molecule has 1 unspecified atom stereocenters. The van der Waals surface area contributed by atoms with E-state index in [2.05, 4.69) is 40.8 Å². The summed E-state index contributed by atoms with van der Waals surface area (Å²) in [5.74, 6) is 0.366. The maximum absolute atomic E-state index is 10.00. The number of phenolic OH excluding ortho intramolecular Hbond substituents is 1. The van der Waals surface area contributed by atoms with Crippen molar-refractivity contribution in [1.82, 2.24) is 0 Å². The van der Waals surface area contributed by atoms with Crippen LogP contribution < -0.4 is 5.32 Å². The van der Waals surface area contributed by atoms with Crippen LogP contribution in [0, 0.1) is 0 Å². The predicted octanol–water partition coefficient (Wildman–Crippen LogP) is 4.70. The van der Waals surface area contributed by atoms with Gasteiger partial charge in [-0.25, -0.2) is 0 Å². The molecule has 0 fully saturated rings. The van der Waals surface area contributed by atoms with Crippen molar-refractivity contribution in [1.29, 1.82) is 0 Å². The van der Waals surface area contributed by atoms with Crippen molar-refractivity contribution in [3.8, 4) is 28.0 Å². The minimum absolute atomic E-state index is 0.0838. The molecule has 3 N–H and O–H groups in total. The molecule has 3 aromatic rings. The van der Waals surface area contributed by atoms with Crippen LogP contribution in [0.2, 0.25) is 0 Å². The number of aromatic hydroxyl groups is 1. The van der Waals surface area contributed by atoms with Gasteiger partial charge >= 0.3 is 0 Å². The van der Waals surface area contributed by atoms with Crippen LogP contribution in [0.1, 0.15) is 11.5 Å². The summed E-state index contributed by atoms with van der Waals surface area (Å²) in [6.45, 7) is 0.745. The molecule has 124 valence electrons. The van der Waals surface area contributed by atoms with Crippen LogP contribution in [0.15, 0.2) is 71.9 Å². The molecule has 1 aliphatic rings. The third-order valence-electron chi connectivity index (χ3n) is 4.64. The Morgan fingerprint density at radius 2 is 1.64 bits per heavy atom. The lowest BCUT2D eigenvalue weighted by molar-refractivity contribution is 0.320. The number of oxime groups is 1.